The van der Waals surface area contributed by atoms with Crippen LogP contribution in [0.5, 0.6) is 0 Å². The number of nitrogens with two attached hydrogens (primary N) is 1. The molecule has 0 aliphatic heterocycles. The van der Waals surface area contributed by atoms with E-state index in [1.54, 1.807) is 42.5 Å². The molecule has 0 fully saturated rings. The summed E-state index contributed by atoms with van der Waals surface area (Å²) >= 11 is 5.73. The molecule has 0 aliphatic rings. The molecule has 1 amide bonds. The molecule has 0 heterocycles. The summed E-state index contributed by atoms with van der Waals surface area (Å²) in [4.78, 5) is 35.3. The van der Waals surface area contributed by atoms with Crippen LogP contribution in [0, 0.1) is 0 Å². The second-order valence-corrected chi connectivity index (χ2v) is 7.79. The second-order valence-electron chi connectivity index (χ2n) is 7.42. The summed E-state index contributed by atoms with van der Waals surface area (Å²) in [6.45, 7) is 0. The minimum atomic E-state index is -4.70. The molecule has 0 aliphatic carbocycles. The predicted octanol–water partition coefficient (Wildman–Crippen LogP) is 5.28. The minimum Gasteiger partial charge on any atom is -0.468 e. The first kappa shape index (κ1) is 32.4. The molecule has 12 heteroatoms. The SMILES string of the molecule is COC(=O)[C@@H](N)c1ccccc1.COC(=O)[C@@H](NC(=O)c1cccc(C(F)(F)F)c1Cl)c1ccccc1.Cl. The predicted molar refractivity (Wildman–Crippen MR) is 138 cm³/mol. The van der Waals surface area contributed by atoms with E-state index in [4.69, 9.17) is 17.3 Å². The fourth-order valence-corrected chi connectivity index (χ4v) is 3.42. The van der Waals surface area contributed by atoms with Gasteiger partial charge in [0.25, 0.3) is 5.91 Å². The Bertz CT molecular complexity index is 1210. The number of benzene rings is 3. The quantitative estimate of drug-likeness (QED) is 0.389. The van der Waals surface area contributed by atoms with Gasteiger partial charge in [0.05, 0.1) is 30.4 Å². The monoisotopic (exact) mass is 572 g/mol. The van der Waals surface area contributed by atoms with Crippen molar-refractivity contribution in [2.75, 3.05) is 14.2 Å². The van der Waals surface area contributed by atoms with E-state index < -0.39 is 46.7 Å². The standard InChI is InChI=1S/C17H13ClF3NO3.C9H11NO2.ClH/c1-25-16(24)14(10-6-3-2-4-7-10)22-15(23)11-8-5-9-12(13(11)18)17(19,20)21;1-12-9(11)8(10)7-5-3-2-4-6-7;/h2-9,14H,1H3,(H,22,23);2-6,8H,10H2,1H3;1H/t14-;8-;/m00./s1. The maximum atomic E-state index is 12.9. The van der Waals surface area contributed by atoms with Gasteiger partial charge in [-0.15, -0.1) is 12.4 Å². The topological polar surface area (TPSA) is 108 Å². The van der Waals surface area contributed by atoms with Gasteiger partial charge in [0, 0.05) is 0 Å². The van der Waals surface area contributed by atoms with E-state index in [9.17, 15) is 27.6 Å². The Kier molecular flexibility index (Phi) is 12.8. The highest BCUT2D eigenvalue weighted by atomic mass is 35.5. The Labute approximate surface area is 228 Å². The number of methoxy groups -OCH3 is 2. The van der Waals surface area contributed by atoms with Crippen molar-refractivity contribution in [2.45, 2.75) is 18.3 Å². The van der Waals surface area contributed by atoms with Gasteiger partial charge in [-0.2, -0.15) is 13.2 Å². The third-order valence-electron chi connectivity index (χ3n) is 5.01. The number of esters is 2. The molecule has 3 aromatic carbocycles. The molecule has 2 atom stereocenters. The molecule has 3 rings (SSSR count). The van der Waals surface area contributed by atoms with E-state index >= 15 is 0 Å². The molecule has 38 heavy (non-hydrogen) atoms. The molecule has 0 saturated carbocycles. The average molecular weight is 573 g/mol. The summed E-state index contributed by atoms with van der Waals surface area (Å²) in [5.74, 6) is -2.10. The van der Waals surface area contributed by atoms with E-state index in [2.05, 4.69) is 14.8 Å². The number of rotatable bonds is 6. The third-order valence-corrected chi connectivity index (χ3v) is 5.41. The molecule has 0 bridgehead atoms. The van der Waals surface area contributed by atoms with Crippen LogP contribution in [0.25, 0.3) is 0 Å². The highest BCUT2D eigenvalue weighted by Crippen LogP contribution is 2.36. The summed E-state index contributed by atoms with van der Waals surface area (Å²) in [6, 6.07) is 18.4. The summed E-state index contributed by atoms with van der Waals surface area (Å²) < 4.78 is 47.9. The number of carbonyl (C=O) groups excluding carboxylic acids is 3. The Hall–Kier alpha value is -3.60. The fraction of sp³-hybridized carbons (Fsp3) is 0.192. The maximum absolute atomic E-state index is 12.9. The smallest absolute Gasteiger partial charge is 0.417 e. The zero-order valence-corrected chi connectivity index (χ0v) is 21.8. The van der Waals surface area contributed by atoms with E-state index in [1.807, 2.05) is 18.2 Å². The molecular weight excluding hydrogens is 548 g/mol. The summed E-state index contributed by atoms with van der Waals surface area (Å²) in [5.41, 5.74) is 5.25. The largest absolute Gasteiger partial charge is 0.468 e. The number of amides is 1. The van der Waals surface area contributed by atoms with Crippen LogP contribution < -0.4 is 11.1 Å². The molecule has 0 aromatic heterocycles. The summed E-state index contributed by atoms with van der Waals surface area (Å²) in [6.07, 6.45) is -4.70. The normalized spacial score (nSPS) is 12.0. The van der Waals surface area contributed by atoms with Gasteiger partial charge < -0.3 is 20.5 Å². The molecule has 204 valence electrons. The molecule has 0 radical (unpaired) electrons. The number of ether oxygens (including phenoxy) is 2. The molecule has 0 spiro atoms. The second kappa shape index (κ2) is 15.0. The van der Waals surface area contributed by atoms with Gasteiger partial charge in [0.1, 0.15) is 6.04 Å². The van der Waals surface area contributed by atoms with Crippen molar-refractivity contribution in [1.29, 1.82) is 0 Å². The number of carbonyl (C=O) groups is 3. The number of nitrogens with one attached hydrogen (secondary N) is 1. The first-order chi connectivity index (χ1) is 17.5. The average Bonchev–Trinajstić information content (AvgIpc) is 2.91. The van der Waals surface area contributed by atoms with Crippen LogP contribution >= 0.6 is 24.0 Å². The molecule has 3 N–H and O–H groups in total. The zero-order valence-electron chi connectivity index (χ0n) is 20.2. The van der Waals surface area contributed by atoms with Crippen LogP contribution in [0.15, 0.2) is 78.9 Å². The van der Waals surface area contributed by atoms with Crippen molar-refractivity contribution in [2.24, 2.45) is 5.73 Å². The van der Waals surface area contributed by atoms with Gasteiger partial charge in [-0.05, 0) is 23.3 Å². The molecule has 3 aromatic rings. The number of hydrogen-bond acceptors (Lipinski definition) is 6. The lowest BCUT2D eigenvalue weighted by molar-refractivity contribution is -0.143. The first-order valence-electron chi connectivity index (χ1n) is 10.7. The van der Waals surface area contributed by atoms with Gasteiger partial charge in [0.15, 0.2) is 6.04 Å². The Morgan fingerprint density at radius 3 is 1.79 bits per heavy atom. The van der Waals surface area contributed by atoms with Crippen LogP contribution in [0.1, 0.15) is 39.1 Å². The molecule has 0 unspecified atom stereocenters. The summed E-state index contributed by atoms with van der Waals surface area (Å²) in [7, 11) is 2.47. The van der Waals surface area contributed by atoms with E-state index in [0.717, 1.165) is 30.9 Å². The molecule has 7 nitrogen and oxygen atoms in total. The lowest BCUT2D eigenvalue weighted by atomic mass is 10.1. The Morgan fingerprint density at radius 2 is 1.32 bits per heavy atom. The Morgan fingerprint density at radius 1 is 0.816 bits per heavy atom. The molecule has 0 saturated heterocycles. The van der Waals surface area contributed by atoms with Crippen molar-refractivity contribution < 1.29 is 37.0 Å². The van der Waals surface area contributed by atoms with Crippen LogP contribution in [0.4, 0.5) is 13.2 Å². The maximum Gasteiger partial charge on any atom is 0.417 e. The van der Waals surface area contributed by atoms with Crippen molar-refractivity contribution in [1.82, 2.24) is 5.32 Å². The van der Waals surface area contributed by atoms with Crippen LogP contribution in [0.3, 0.4) is 0 Å². The van der Waals surface area contributed by atoms with Crippen LogP contribution in [-0.2, 0) is 25.2 Å². The number of hydrogen-bond donors (Lipinski definition) is 2. The fourth-order valence-electron chi connectivity index (χ4n) is 3.10. The summed E-state index contributed by atoms with van der Waals surface area (Å²) in [5, 5.41) is 1.62. The van der Waals surface area contributed by atoms with Gasteiger partial charge in [-0.25, -0.2) is 4.79 Å². The number of halogens is 5. The van der Waals surface area contributed by atoms with Crippen LogP contribution in [0.2, 0.25) is 5.02 Å². The zero-order chi connectivity index (χ0) is 27.6. The van der Waals surface area contributed by atoms with E-state index in [1.165, 1.54) is 7.11 Å². The highest BCUT2D eigenvalue weighted by molar-refractivity contribution is 6.34. The van der Waals surface area contributed by atoms with Crippen molar-refractivity contribution >= 4 is 41.9 Å². The van der Waals surface area contributed by atoms with Gasteiger partial charge in [-0.3, -0.25) is 9.59 Å². The van der Waals surface area contributed by atoms with E-state index in [0.29, 0.717) is 5.56 Å². The Balaban J connectivity index is 0.000000468. The minimum absolute atomic E-state index is 0. The lowest BCUT2D eigenvalue weighted by Gasteiger charge is -2.18. The van der Waals surface area contributed by atoms with Crippen molar-refractivity contribution in [3.05, 3.63) is 106 Å². The van der Waals surface area contributed by atoms with Gasteiger partial charge in [0.2, 0.25) is 0 Å². The molecular formula is C26H25Cl2F3N2O5. The first-order valence-corrected chi connectivity index (χ1v) is 11.1. The number of alkyl halides is 3. The van der Waals surface area contributed by atoms with Crippen molar-refractivity contribution in [3.8, 4) is 0 Å². The van der Waals surface area contributed by atoms with E-state index in [-0.39, 0.29) is 18.0 Å². The third kappa shape index (κ3) is 8.76. The van der Waals surface area contributed by atoms with Crippen LogP contribution in [-0.4, -0.2) is 32.1 Å². The lowest BCUT2D eigenvalue weighted by Crippen LogP contribution is -2.34. The van der Waals surface area contributed by atoms with Gasteiger partial charge in [-0.1, -0.05) is 78.3 Å². The highest BCUT2D eigenvalue weighted by Gasteiger charge is 2.35. The van der Waals surface area contributed by atoms with Crippen molar-refractivity contribution in [3.63, 3.8) is 0 Å². The van der Waals surface area contributed by atoms with Gasteiger partial charge >= 0.3 is 18.1 Å².